The number of benzene rings is 1. The SMILES string of the molecule is CCOC(=O)Nc1cc(S(=O)(=O)N2CCCC2)ccc1OCC. The second-order valence-electron chi connectivity index (χ2n) is 5.05. The normalized spacial score (nSPS) is 15.4. The highest BCUT2D eigenvalue weighted by molar-refractivity contribution is 7.89. The van der Waals surface area contributed by atoms with E-state index in [0.29, 0.717) is 25.4 Å². The lowest BCUT2D eigenvalue weighted by Crippen LogP contribution is -2.28. The fourth-order valence-corrected chi connectivity index (χ4v) is 3.95. The number of amides is 1. The third kappa shape index (κ3) is 4.14. The van der Waals surface area contributed by atoms with E-state index in [1.54, 1.807) is 13.0 Å². The molecule has 1 aliphatic rings. The molecule has 0 radical (unpaired) electrons. The highest BCUT2D eigenvalue weighted by Crippen LogP contribution is 2.30. The van der Waals surface area contributed by atoms with Gasteiger partial charge in [-0.15, -0.1) is 0 Å². The van der Waals surface area contributed by atoms with Gasteiger partial charge in [0, 0.05) is 13.1 Å². The van der Waals surface area contributed by atoms with Crippen molar-refractivity contribution < 1.29 is 22.7 Å². The Bertz CT molecular complexity index is 654. The van der Waals surface area contributed by atoms with Gasteiger partial charge in [-0.05, 0) is 44.9 Å². The molecule has 0 aliphatic carbocycles. The predicted octanol–water partition coefficient (Wildman–Crippen LogP) is 2.44. The Labute approximate surface area is 136 Å². The number of hydrogen-bond donors (Lipinski definition) is 1. The number of nitrogens with one attached hydrogen (secondary N) is 1. The summed E-state index contributed by atoms with van der Waals surface area (Å²) in [6, 6.07) is 4.46. The first-order chi connectivity index (χ1) is 11.0. The van der Waals surface area contributed by atoms with Crippen molar-refractivity contribution in [2.45, 2.75) is 31.6 Å². The third-order valence-electron chi connectivity index (χ3n) is 3.47. The number of ether oxygens (including phenoxy) is 2. The minimum absolute atomic E-state index is 0.134. The molecule has 0 bridgehead atoms. The van der Waals surface area contributed by atoms with E-state index in [2.05, 4.69) is 5.32 Å². The van der Waals surface area contributed by atoms with Crippen LogP contribution in [0.4, 0.5) is 10.5 Å². The minimum Gasteiger partial charge on any atom is -0.492 e. The molecule has 0 unspecified atom stereocenters. The molecule has 23 heavy (non-hydrogen) atoms. The van der Waals surface area contributed by atoms with Crippen molar-refractivity contribution in [1.82, 2.24) is 4.31 Å². The van der Waals surface area contributed by atoms with Crippen molar-refractivity contribution in [3.63, 3.8) is 0 Å². The predicted molar refractivity (Wildman–Crippen MR) is 86.2 cm³/mol. The quantitative estimate of drug-likeness (QED) is 0.858. The summed E-state index contributed by atoms with van der Waals surface area (Å²) in [5.41, 5.74) is 0.283. The molecule has 1 aliphatic heterocycles. The fraction of sp³-hybridized carbons (Fsp3) is 0.533. The molecule has 1 saturated heterocycles. The van der Waals surface area contributed by atoms with Crippen molar-refractivity contribution in [1.29, 1.82) is 0 Å². The molecule has 1 N–H and O–H groups in total. The van der Waals surface area contributed by atoms with Gasteiger partial charge in [0.1, 0.15) is 5.75 Å². The van der Waals surface area contributed by atoms with Gasteiger partial charge in [0.05, 0.1) is 23.8 Å². The molecule has 0 saturated carbocycles. The molecule has 8 heteroatoms. The van der Waals surface area contributed by atoms with Crippen LogP contribution in [-0.2, 0) is 14.8 Å². The Balaban J connectivity index is 2.33. The largest absolute Gasteiger partial charge is 0.492 e. The molecular formula is C15H22N2O5S. The van der Waals surface area contributed by atoms with Crippen LogP contribution in [0, 0.1) is 0 Å². The topological polar surface area (TPSA) is 84.9 Å². The van der Waals surface area contributed by atoms with Crippen LogP contribution < -0.4 is 10.1 Å². The van der Waals surface area contributed by atoms with Crippen LogP contribution in [0.5, 0.6) is 5.75 Å². The number of nitrogens with zero attached hydrogens (tertiary/aromatic N) is 1. The van der Waals surface area contributed by atoms with Crippen LogP contribution in [0.1, 0.15) is 26.7 Å². The lowest BCUT2D eigenvalue weighted by molar-refractivity contribution is 0.167. The van der Waals surface area contributed by atoms with Gasteiger partial charge in [-0.3, -0.25) is 5.32 Å². The molecule has 0 atom stereocenters. The molecular weight excluding hydrogens is 320 g/mol. The van der Waals surface area contributed by atoms with E-state index in [1.807, 2.05) is 6.92 Å². The van der Waals surface area contributed by atoms with E-state index >= 15 is 0 Å². The van der Waals surface area contributed by atoms with Gasteiger partial charge in [0.15, 0.2) is 0 Å². The number of carbonyl (C=O) groups is 1. The Morgan fingerprint density at radius 2 is 1.91 bits per heavy atom. The van der Waals surface area contributed by atoms with E-state index in [0.717, 1.165) is 12.8 Å². The van der Waals surface area contributed by atoms with Crippen molar-refractivity contribution in [2.75, 3.05) is 31.6 Å². The zero-order valence-electron chi connectivity index (χ0n) is 13.4. The van der Waals surface area contributed by atoms with E-state index in [1.165, 1.54) is 16.4 Å². The van der Waals surface area contributed by atoms with Crippen molar-refractivity contribution in [2.24, 2.45) is 0 Å². The van der Waals surface area contributed by atoms with Crippen LogP contribution >= 0.6 is 0 Å². The Kier molecular flexibility index (Phi) is 5.84. The molecule has 1 aromatic rings. The first-order valence-electron chi connectivity index (χ1n) is 7.69. The average molecular weight is 342 g/mol. The lowest BCUT2D eigenvalue weighted by Gasteiger charge is -2.17. The monoisotopic (exact) mass is 342 g/mol. The summed E-state index contributed by atoms with van der Waals surface area (Å²) in [6.07, 6.45) is 1.08. The maximum absolute atomic E-state index is 12.6. The lowest BCUT2D eigenvalue weighted by atomic mass is 10.3. The molecule has 1 aromatic carbocycles. The van der Waals surface area contributed by atoms with Crippen LogP contribution in [0.15, 0.2) is 23.1 Å². The maximum atomic E-state index is 12.6. The van der Waals surface area contributed by atoms with Gasteiger partial charge < -0.3 is 9.47 Å². The number of hydrogen-bond acceptors (Lipinski definition) is 5. The van der Waals surface area contributed by atoms with Gasteiger partial charge >= 0.3 is 6.09 Å². The maximum Gasteiger partial charge on any atom is 0.411 e. The third-order valence-corrected chi connectivity index (χ3v) is 5.36. The van der Waals surface area contributed by atoms with Crippen molar-refractivity contribution in [3.05, 3.63) is 18.2 Å². The highest BCUT2D eigenvalue weighted by Gasteiger charge is 2.28. The van der Waals surface area contributed by atoms with Gasteiger partial charge in [0.2, 0.25) is 10.0 Å². The van der Waals surface area contributed by atoms with Crippen LogP contribution in [0.25, 0.3) is 0 Å². The Morgan fingerprint density at radius 3 is 2.52 bits per heavy atom. The Hall–Kier alpha value is -1.80. The summed E-state index contributed by atoms with van der Waals surface area (Å²) in [5, 5.41) is 2.53. The molecule has 1 heterocycles. The van der Waals surface area contributed by atoms with Gasteiger partial charge in [-0.1, -0.05) is 0 Å². The van der Waals surface area contributed by atoms with Gasteiger partial charge in [-0.2, -0.15) is 4.31 Å². The molecule has 1 amide bonds. The average Bonchev–Trinajstić information content (AvgIpc) is 3.04. The van der Waals surface area contributed by atoms with Crippen molar-refractivity contribution >= 4 is 21.8 Å². The number of anilines is 1. The molecule has 0 aromatic heterocycles. The molecule has 7 nitrogen and oxygen atoms in total. The van der Waals surface area contributed by atoms with E-state index in [9.17, 15) is 13.2 Å². The second kappa shape index (κ2) is 7.65. The standard InChI is InChI=1S/C15H22N2O5S/c1-3-21-14-8-7-12(11-13(14)16-15(18)22-4-2)23(19,20)17-9-5-6-10-17/h7-8,11H,3-6,9-10H2,1-2H3,(H,16,18). The first kappa shape index (κ1) is 17.6. The highest BCUT2D eigenvalue weighted by atomic mass is 32.2. The Morgan fingerprint density at radius 1 is 1.22 bits per heavy atom. The molecule has 0 spiro atoms. The van der Waals surface area contributed by atoms with Gasteiger partial charge in [-0.25, -0.2) is 13.2 Å². The summed E-state index contributed by atoms with van der Waals surface area (Å²) in [5.74, 6) is 0.404. The number of rotatable bonds is 6. The van der Waals surface area contributed by atoms with Crippen molar-refractivity contribution in [3.8, 4) is 5.75 Å². The molecule has 2 rings (SSSR count). The summed E-state index contributed by atoms with van der Waals surface area (Å²) < 4.78 is 36.9. The fourth-order valence-electron chi connectivity index (χ4n) is 2.40. The smallest absolute Gasteiger partial charge is 0.411 e. The van der Waals surface area contributed by atoms with Crippen LogP contribution in [-0.4, -0.2) is 45.1 Å². The van der Waals surface area contributed by atoms with Crippen LogP contribution in [0.3, 0.4) is 0 Å². The minimum atomic E-state index is -3.56. The summed E-state index contributed by atoms with van der Waals surface area (Å²) in [7, 11) is -3.56. The van der Waals surface area contributed by atoms with Gasteiger partial charge in [0.25, 0.3) is 0 Å². The number of sulfonamides is 1. The summed E-state index contributed by atoms with van der Waals surface area (Å²) >= 11 is 0. The zero-order chi connectivity index (χ0) is 16.9. The summed E-state index contributed by atoms with van der Waals surface area (Å²) in [4.78, 5) is 11.8. The van der Waals surface area contributed by atoms with E-state index < -0.39 is 16.1 Å². The van der Waals surface area contributed by atoms with E-state index in [4.69, 9.17) is 9.47 Å². The molecule has 1 fully saturated rings. The van der Waals surface area contributed by atoms with E-state index in [-0.39, 0.29) is 17.2 Å². The van der Waals surface area contributed by atoms with Crippen LogP contribution in [0.2, 0.25) is 0 Å². The zero-order valence-corrected chi connectivity index (χ0v) is 14.2. The second-order valence-corrected chi connectivity index (χ2v) is 6.99. The molecule has 128 valence electrons. The number of carbonyl (C=O) groups excluding carboxylic acids is 1. The first-order valence-corrected chi connectivity index (χ1v) is 9.13. The summed E-state index contributed by atoms with van der Waals surface area (Å²) in [6.45, 7) is 5.17.